The van der Waals surface area contributed by atoms with Crippen LogP contribution in [0, 0.1) is 0 Å². The Morgan fingerprint density at radius 2 is 1.85 bits per heavy atom. The maximum atomic E-state index is 12.5. The summed E-state index contributed by atoms with van der Waals surface area (Å²) in [6.07, 6.45) is 8.93. The Hall–Kier alpha value is -2.89. The van der Waals surface area contributed by atoms with E-state index in [1.165, 1.54) is 12.8 Å². The van der Waals surface area contributed by atoms with E-state index < -0.39 is 0 Å². The summed E-state index contributed by atoms with van der Waals surface area (Å²) in [5.41, 5.74) is 4.20. The molecule has 5 rings (SSSR count). The van der Waals surface area contributed by atoms with Gasteiger partial charge in [0.1, 0.15) is 5.82 Å². The number of anilines is 1. The Morgan fingerprint density at radius 3 is 2.65 bits per heavy atom. The number of fused-ring (bicyclic) bond motifs is 1. The van der Waals surface area contributed by atoms with E-state index in [2.05, 4.69) is 32.7 Å². The molecule has 26 heavy (non-hydrogen) atoms. The van der Waals surface area contributed by atoms with Crippen LogP contribution in [0.5, 0.6) is 0 Å². The number of rotatable bonds is 3. The highest BCUT2D eigenvalue weighted by molar-refractivity contribution is 5.94. The van der Waals surface area contributed by atoms with Gasteiger partial charge in [0, 0.05) is 23.5 Å². The summed E-state index contributed by atoms with van der Waals surface area (Å²) in [7, 11) is 0. The molecule has 3 heterocycles. The van der Waals surface area contributed by atoms with Gasteiger partial charge in [-0.3, -0.25) is 9.89 Å². The second kappa shape index (κ2) is 6.12. The van der Waals surface area contributed by atoms with Gasteiger partial charge in [0.05, 0.1) is 24.1 Å². The molecule has 1 unspecified atom stereocenters. The summed E-state index contributed by atoms with van der Waals surface area (Å²) < 4.78 is 2.04. The molecule has 3 aromatic rings. The zero-order valence-corrected chi connectivity index (χ0v) is 14.5. The molecule has 2 aromatic heterocycles. The highest BCUT2D eigenvalue weighted by Gasteiger charge is 2.34. The zero-order valence-electron chi connectivity index (χ0n) is 14.5. The van der Waals surface area contributed by atoms with Crippen molar-refractivity contribution >= 4 is 11.7 Å². The lowest BCUT2D eigenvalue weighted by atomic mass is 9.86. The van der Waals surface area contributed by atoms with Crippen molar-refractivity contribution in [1.29, 1.82) is 0 Å². The van der Waals surface area contributed by atoms with E-state index in [1.807, 2.05) is 35.3 Å². The second-order valence-electron chi connectivity index (χ2n) is 7.20. The fraction of sp³-hybridized carbons (Fsp3) is 0.350. The first kappa shape index (κ1) is 15.4. The van der Waals surface area contributed by atoms with Crippen LogP contribution in [0.15, 0.2) is 42.7 Å². The van der Waals surface area contributed by atoms with Crippen molar-refractivity contribution in [3.8, 4) is 11.3 Å². The topological polar surface area (TPSA) is 75.6 Å². The molecule has 1 saturated carbocycles. The monoisotopic (exact) mass is 347 g/mol. The van der Waals surface area contributed by atoms with Crippen LogP contribution in [0.2, 0.25) is 0 Å². The van der Waals surface area contributed by atoms with Crippen LogP contribution in [0.1, 0.15) is 55.2 Å². The van der Waals surface area contributed by atoms with Crippen molar-refractivity contribution in [2.75, 3.05) is 5.32 Å². The highest BCUT2D eigenvalue weighted by atomic mass is 16.1. The molecule has 0 radical (unpaired) electrons. The van der Waals surface area contributed by atoms with Crippen LogP contribution in [0.3, 0.4) is 0 Å². The van der Waals surface area contributed by atoms with Gasteiger partial charge in [-0.2, -0.15) is 10.2 Å². The van der Waals surface area contributed by atoms with Crippen molar-refractivity contribution in [2.24, 2.45) is 0 Å². The summed E-state index contributed by atoms with van der Waals surface area (Å²) in [5, 5.41) is 15.1. The van der Waals surface area contributed by atoms with Crippen molar-refractivity contribution in [3.05, 3.63) is 53.9 Å². The number of carbonyl (C=O) groups excluding carboxylic acids is 1. The molecule has 0 spiro atoms. The normalized spacial score (nSPS) is 20.2. The molecule has 0 bridgehead atoms. The summed E-state index contributed by atoms with van der Waals surface area (Å²) in [5.74, 6) is 0.892. The fourth-order valence-corrected chi connectivity index (χ4v) is 4.34. The molecule has 1 amide bonds. The van der Waals surface area contributed by atoms with Crippen molar-refractivity contribution < 1.29 is 4.79 Å². The Balaban J connectivity index is 1.58. The lowest BCUT2D eigenvalue weighted by Crippen LogP contribution is -2.25. The van der Waals surface area contributed by atoms with E-state index in [-0.39, 0.29) is 11.8 Å². The van der Waals surface area contributed by atoms with Crippen LogP contribution in [-0.4, -0.2) is 25.9 Å². The average molecular weight is 347 g/mol. The van der Waals surface area contributed by atoms with Gasteiger partial charge in [-0.15, -0.1) is 0 Å². The van der Waals surface area contributed by atoms with Gasteiger partial charge in [0.15, 0.2) is 0 Å². The number of benzene rings is 1. The van der Waals surface area contributed by atoms with E-state index in [0.29, 0.717) is 12.5 Å². The van der Waals surface area contributed by atoms with Crippen LogP contribution < -0.4 is 5.32 Å². The number of amides is 1. The summed E-state index contributed by atoms with van der Waals surface area (Å²) in [6, 6.07) is 10.5. The smallest absolute Gasteiger partial charge is 0.226 e. The summed E-state index contributed by atoms with van der Waals surface area (Å²) in [6.45, 7) is 0. The first-order valence-electron chi connectivity index (χ1n) is 9.27. The molecule has 2 N–H and O–H groups in total. The van der Waals surface area contributed by atoms with Crippen LogP contribution in [-0.2, 0) is 4.79 Å². The Labute approximate surface area is 151 Å². The Morgan fingerprint density at radius 1 is 1.04 bits per heavy atom. The van der Waals surface area contributed by atoms with Crippen molar-refractivity contribution in [3.63, 3.8) is 0 Å². The number of aromatic nitrogens is 4. The van der Waals surface area contributed by atoms with Gasteiger partial charge in [-0.25, -0.2) is 4.68 Å². The second-order valence-corrected chi connectivity index (χ2v) is 7.20. The van der Waals surface area contributed by atoms with E-state index in [9.17, 15) is 4.79 Å². The number of nitrogens with zero attached hydrogens (tertiary/aromatic N) is 3. The maximum absolute atomic E-state index is 12.5. The molecule has 132 valence electrons. The van der Waals surface area contributed by atoms with Crippen molar-refractivity contribution in [2.45, 2.75) is 44.1 Å². The van der Waals surface area contributed by atoms with E-state index >= 15 is 0 Å². The van der Waals surface area contributed by atoms with Gasteiger partial charge in [-0.05, 0) is 18.4 Å². The van der Waals surface area contributed by atoms with Gasteiger partial charge >= 0.3 is 0 Å². The number of hydrogen-bond acceptors (Lipinski definition) is 3. The minimum absolute atomic E-state index is 0.0251. The third-order valence-electron chi connectivity index (χ3n) is 5.62. The number of nitrogens with one attached hydrogen (secondary N) is 2. The minimum Gasteiger partial charge on any atom is -0.311 e. The third kappa shape index (κ3) is 2.44. The molecular formula is C20H21N5O. The lowest BCUT2D eigenvalue weighted by Gasteiger charge is -2.25. The molecule has 1 aliphatic carbocycles. The van der Waals surface area contributed by atoms with E-state index in [0.717, 1.165) is 41.0 Å². The first-order chi connectivity index (χ1) is 12.8. The van der Waals surface area contributed by atoms with E-state index in [1.54, 1.807) is 0 Å². The Kier molecular flexibility index (Phi) is 3.62. The molecule has 0 saturated heterocycles. The largest absolute Gasteiger partial charge is 0.311 e. The lowest BCUT2D eigenvalue weighted by molar-refractivity contribution is -0.116. The third-order valence-corrected chi connectivity index (χ3v) is 5.62. The van der Waals surface area contributed by atoms with Gasteiger partial charge in [-0.1, -0.05) is 43.2 Å². The van der Waals surface area contributed by atoms with Crippen LogP contribution in [0.25, 0.3) is 11.3 Å². The molecule has 2 aliphatic rings. The van der Waals surface area contributed by atoms with Gasteiger partial charge in [0.25, 0.3) is 0 Å². The zero-order chi connectivity index (χ0) is 17.5. The quantitative estimate of drug-likeness (QED) is 0.755. The molecule has 6 heteroatoms. The molecule has 1 aliphatic heterocycles. The number of hydrogen-bond donors (Lipinski definition) is 2. The average Bonchev–Trinajstić information content (AvgIpc) is 3.41. The number of H-pyrrole nitrogens is 1. The standard InChI is InChI=1S/C20H21N5O/c26-18-10-15(16-11-21-24-19(16)13-6-2-1-3-7-13)17-12-22-25(20(17)23-18)14-8-4-5-9-14/h1-3,6-7,11-12,14-15H,4-5,8-10H2,(H,21,24)(H,23,26). The first-order valence-corrected chi connectivity index (χ1v) is 9.27. The molecule has 1 fully saturated rings. The summed E-state index contributed by atoms with van der Waals surface area (Å²) in [4.78, 5) is 12.5. The van der Waals surface area contributed by atoms with Crippen LogP contribution in [0.4, 0.5) is 5.82 Å². The molecule has 6 nitrogen and oxygen atoms in total. The van der Waals surface area contributed by atoms with Gasteiger partial charge in [0.2, 0.25) is 5.91 Å². The number of aromatic amines is 1. The molecular weight excluding hydrogens is 326 g/mol. The fourth-order valence-electron chi connectivity index (χ4n) is 4.34. The highest BCUT2D eigenvalue weighted by Crippen LogP contribution is 2.42. The van der Waals surface area contributed by atoms with Crippen molar-refractivity contribution in [1.82, 2.24) is 20.0 Å². The predicted octanol–water partition coefficient (Wildman–Crippen LogP) is 3.86. The molecule has 1 aromatic carbocycles. The van der Waals surface area contributed by atoms with E-state index in [4.69, 9.17) is 0 Å². The minimum atomic E-state index is -0.0251. The van der Waals surface area contributed by atoms with Gasteiger partial charge < -0.3 is 5.32 Å². The predicted molar refractivity (Wildman–Crippen MR) is 98.8 cm³/mol. The maximum Gasteiger partial charge on any atom is 0.226 e. The SMILES string of the molecule is O=C1CC(c2cn[nH]c2-c2ccccc2)c2cnn(C3CCCC3)c2N1. The Bertz CT molecular complexity index is 936. The van der Waals surface area contributed by atoms with Crippen LogP contribution >= 0.6 is 0 Å². The molecule has 1 atom stereocenters. The number of carbonyl (C=O) groups is 1. The summed E-state index contributed by atoms with van der Waals surface area (Å²) >= 11 is 0.